The van der Waals surface area contributed by atoms with E-state index in [2.05, 4.69) is 54.4 Å². The van der Waals surface area contributed by atoms with Crippen molar-refractivity contribution in [2.24, 2.45) is 4.99 Å². The van der Waals surface area contributed by atoms with E-state index in [0.29, 0.717) is 18.7 Å². The smallest absolute Gasteiger partial charge is 0.407 e. The Kier molecular flexibility index (Phi) is 12.2. The molecule has 3 aromatic carbocycles. The maximum Gasteiger partial charge on any atom is 0.407 e. The van der Waals surface area contributed by atoms with Crippen LogP contribution in [0.15, 0.2) is 102 Å². The van der Waals surface area contributed by atoms with Gasteiger partial charge in [-0.3, -0.25) is 9.59 Å². The van der Waals surface area contributed by atoms with Gasteiger partial charge in [0, 0.05) is 25.0 Å². The largest absolute Gasteiger partial charge is 0.453 e. The van der Waals surface area contributed by atoms with Crippen molar-refractivity contribution < 1.29 is 28.9 Å². The Morgan fingerprint density at radius 3 is 2.09 bits per heavy atom. The molecule has 14 heteroatoms. The standard InChI is InChI=1S/C42H46N8O6/c1-54-42(53)48-37(31-13-7-4-8-14-31)41(52)50-24-9-15-34(50)38-43-25-32(46-38)22-19-28-17-20-29(21-18-28)33-26-44-39(47-33)35-16-10-23-49(35)40(51)36(45-27-56-55-2)30-11-5-3-6-12-30/h3-8,11-14,17-18,20-21,25-27,34-37H,9-10,15-16,19,22-24H2,1-2H3,(H,43,46)(H,44,47)(H,48,53)/b45-27-/t34-,35-,36+,37+/m0/s1. The van der Waals surface area contributed by atoms with Gasteiger partial charge in [-0.2, -0.15) is 4.89 Å². The number of aromatic nitrogens is 4. The van der Waals surface area contributed by atoms with Gasteiger partial charge in [0.15, 0.2) is 6.04 Å². The van der Waals surface area contributed by atoms with E-state index < -0.39 is 18.2 Å². The van der Waals surface area contributed by atoms with Crippen molar-refractivity contribution in [3.05, 3.63) is 131 Å². The minimum atomic E-state index is -0.864. The summed E-state index contributed by atoms with van der Waals surface area (Å²) < 4.78 is 4.82. The first kappa shape index (κ1) is 38.0. The second kappa shape index (κ2) is 17.9. The van der Waals surface area contributed by atoms with Crippen LogP contribution < -0.4 is 5.32 Å². The molecule has 3 N–H and O–H groups in total. The van der Waals surface area contributed by atoms with Crippen molar-refractivity contribution in [1.29, 1.82) is 0 Å². The Balaban J connectivity index is 0.970. The SMILES string of the molecule is COO/C=N\[C@@H](C(=O)N1CCC[C@H]1c1ncc(-c2ccc(CCc3cnc([C@@H]4CCCN4C(=O)[C@H](NC(=O)OC)c4ccccc4)[nH]3)cc2)[nH]1)c1ccccc1. The number of alkyl carbamates (subject to hydrolysis) is 1. The summed E-state index contributed by atoms with van der Waals surface area (Å²) in [5, 5.41) is 2.71. The fourth-order valence-corrected chi connectivity index (χ4v) is 7.57. The molecule has 2 saturated heterocycles. The first-order valence-corrected chi connectivity index (χ1v) is 18.9. The van der Waals surface area contributed by atoms with E-state index >= 15 is 0 Å². The molecule has 3 amide bonds. The van der Waals surface area contributed by atoms with E-state index in [9.17, 15) is 14.4 Å². The third kappa shape index (κ3) is 8.65. The number of H-pyrrole nitrogens is 2. The van der Waals surface area contributed by atoms with Crippen molar-refractivity contribution in [2.45, 2.75) is 62.7 Å². The van der Waals surface area contributed by atoms with Crippen LogP contribution in [0, 0.1) is 0 Å². The van der Waals surface area contributed by atoms with Crippen LogP contribution in [0.2, 0.25) is 0 Å². The molecule has 0 unspecified atom stereocenters. The van der Waals surface area contributed by atoms with Crippen LogP contribution >= 0.6 is 0 Å². The number of hydrogen-bond donors (Lipinski definition) is 3. The number of benzene rings is 3. The molecular weight excluding hydrogens is 713 g/mol. The Labute approximate surface area is 325 Å². The van der Waals surface area contributed by atoms with Crippen molar-refractivity contribution in [1.82, 2.24) is 35.1 Å². The first-order chi connectivity index (χ1) is 27.4. The highest BCUT2D eigenvalue weighted by Gasteiger charge is 2.38. The van der Waals surface area contributed by atoms with Crippen LogP contribution in [0.25, 0.3) is 11.3 Å². The van der Waals surface area contributed by atoms with Gasteiger partial charge >= 0.3 is 6.09 Å². The van der Waals surface area contributed by atoms with Crippen LogP contribution in [-0.2, 0) is 36.9 Å². The Morgan fingerprint density at radius 2 is 1.43 bits per heavy atom. The molecule has 0 spiro atoms. The number of hydrogen-bond acceptors (Lipinski definition) is 9. The van der Waals surface area contributed by atoms with Crippen molar-refractivity contribution in [3.8, 4) is 11.3 Å². The number of methoxy groups -OCH3 is 1. The summed E-state index contributed by atoms with van der Waals surface area (Å²) in [6, 6.07) is 24.9. The summed E-state index contributed by atoms with van der Waals surface area (Å²) in [7, 11) is 2.67. The molecule has 2 aliphatic heterocycles. The zero-order valence-electron chi connectivity index (χ0n) is 31.5. The average molecular weight is 759 g/mol. The molecule has 0 bridgehead atoms. The number of amides is 3. The van der Waals surface area contributed by atoms with Crippen molar-refractivity contribution in [2.75, 3.05) is 27.3 Å². The van der Waals surface area contributed by atoms with Crippen molar-refractivity contribution in [3.63, 3.8) is 0 Å². The van der Waals surface area contributed by atoms with E-state index in [1.807, 2.05) is 78.0 Å². The predicted octanol–water partition coefficient (Wildman–Crippen LogP) is 6.36. The fraction of sp³-hybridized carbons (Fsp3) is 0.333. The molecule has 2 aliphatic rings. The highest BCUT2D eigenvalue weighted by molar-refractivity contribution is 5.87. The lowest BCUT2D eigenvalue weighted by molar-refractivity contribution is -0.188. The maximum atomic E-state index is 13.9. The molecule has 0 saturated carbocycles. The summed E-state index contributed by atoms with van der Waals surface area (Å²) in [6.07, 6.45) is 8.97. The number of aliphatic imine (C=N–C) groups is 1. The highest BCUT2D eigenvalue weighted by Crippen LogP contribution is 2.36. The third-order valence-electron chi connectivity index (χ3n) is 10.4. The quantitative estimate of drug-likeness (QED) is 0.0510. The maximum absolute atomic E-state index is 13.9. The van der Waals surface area contributed by atoms with Crippen LogP contribution in [0.5, 0.6) is 0 Å². The van der Waals surface area contributed by atoms with E-state index in [0.717, 1.165) is 79.1 Å². The minimum absolute atomic E-state index is 0.125. The average Bonchev–Trinajstić information content (AvgIpc) is 4.08. The van der Waals surface area contributed by atoms with Gasteiger partial charge in [-0.05, 0) is 60.8 Å². The number of likely N-dealkylation sites (tertiary alicyclic amines) is 2. The number of aromatic amines is 2. The Morgan fingerprint density at radius 1 is 0.804 bits per heavy atom. The molecule has 5 aromatic rings. The second-order valence-electron chi connectivity index (χ2n) is 13.9. The Hall–Kier alpha value is -6.28. The number of aryl methyl sites for hydroxylation is 2. The predicted molar refractivity (Wildman–Crippen MR) is 208 cm³/mol. The number of ether oxygens (including phenoxy) is 1. The van der Waals surface area contributed by atoms with E-state index in [-0.39, 0.29) is 23.9 Å². The zero-order valence-corrected chi connectivity index (χ0v) is 31.5. The molecule has 14 nitrogen and oxygen atoms in total. The Bertz CT molecular complexity index is 2100. The number of nitrogens with one attached hydrogen (secondary N) is 3. The molecule has 2 aromatic heterocycles. The van der Waals surface area contributed by atoms with Gasteiger partial charge in [-0.15, -0.1) is 0 Å². The summed E-state index contributed by atoms with van der Waals surface area (Å²) in [5.41, 5.74) is 5.48. The summed E-state index contributed by atoms with van der Waals surface area (Å²) >= 11 is 0. The molecule has 56 heavy (non-hydrogen) atoms. The summed E-state index contributed by atoms with van der Waals surface area (Å²) in [4.78, 5) is 73.7. The highest BCUT2D eigenvalue weighted by atomic mass is 17.2. The molecule has 290 valence electrons. The van der Waals surface area contributed by atoms with Gasteiger partial charge in [0.1, 0.15) is 17.7 Å². The molecule has 4 heterocycles. The van der Waals surface area contributed by atoms with Crippen LogP contribution in [0.1, 0.15) is 83.9 Å². The minimum Gasteiger partial charge on any atom is -0.453 e. The lowest BCUT2D eigenvalue weighted by atomic mass is 10.0. The number of rotatable bonds is 14. The van der Waals surface area contributed by atoms with E-state index in [4.69, 9.17) is 14.6 Å². The molecule has 0 aliphatic carbocycles. The monoisotopic (exact) mass is 758 g/mol. The number of carbonyl (C=O) groups excluding carboxylic acids is 3. The fourth-order valence-electron chi connectivity index (χ4n) is 7.57. The molecular formula is C42H46N8O6. The molecule has 7 rings (SSSR count). The third-order valence-corrected chi connectivity index (χ3v) is 10.4. The molecule has 2 fully saturated rings. The van der Waals surface area contributed by atoms with Gasteiger partial charge in [0.05, 0.1) is 38.2 Å². The lowest BCUT2D eigenvalue weighted by Crippen LogP contribution is -2.42. The number of carbonyl (C=O) groups is 3. The first-order valence-electron chi connectivity index (χ1n) is 18.9. The van der Waals surface area contributed by atoms with E-state index in [1.54, 1.807) is 4.90 Å². The van der Waals surface area contributed by atoms with Gasteiger partial charge in [-0.1, -0.05) is 84.9 Å². The number of nitrogens with zero attached hydrogens (tertiary/aromatic N) is 5. The van der Waals surface area contributed by atoms with Gasteiger partial charge in [0.25, 0.3) is 11.8 Å². The van der Waals surface area contributed by atoms with Gasteiger partial charge in [-0.25, -0.2) is 19.8 Å². The second-order valence-corrected chi connectivity index (χ2v) is 13.9. The van der Waals surface area contributed by atoms with Crippen molar-refractivity contribution >= 4 is 24.3 Å². The van der Waals surface area contributed by atoms with E-state index in [1.165, 1.54) is 19.8 Å². The zero-order chi connectivity index (χ0) is 38.9. The van der Waals surface area contributed by atoms with Gasteiger partial charge in [0.2, 0.25) is 6.40 Å². The summed E-state index contributed by atoms with van der Waals surface area (Å²) in [6.45, 7) is 1.18. The lowest BCUT2D eigenvalue weighted by Gasteiger charge is -2.28. The molecule has 4 atom stereocenters. The van der Waals surface area contributed by atoms with Crippen LogP contribution in [0.3, 0.4) is 0 Å². The van der Waals surface area contributed by atoms with Crippen LogP contribution in [-0.4, -0.2) is 81.4 Å². The number of imidazole rings is 2. The topological polar surface area (TPSA) is 167 Å². The van der Waals surface area contributed by atoms with Crippen LogP contribution in [0.4, 0.5) is 4.79 Å². The molecule has 0 radical (unpaired) electrons. The van der Waals surface area contributed by atoms with Gasteiger partial charge < -0.3 is 34.7 Å². The normalized spacial score (nSPS) is 17.9. The summed E-state index contributed by atoms with van der Waals surface area (Å²) in [5.74, 6) is 1.16.